The summed E-state index contributed by atoms with van der Waals surface area (Å²) in [5.41, 5.74) is 2.34. The van der Waals surface area contributed by atoms with Gasteiger partial charge in [-0.1, -0.05) is 13.0 Å². The van der Waals surface area contributed by atoms with Crippen LogP contribution in [0.1, 0.15) is 34.8 Å². The fourth-order valence-electron chi connectivity index (χ4n) is 4.95. The number of aryl methyl sites for hydroxylation is 1. The molecule has 1 aliphatic heterocycles. The molecule has 0 aliphatic carbocycles. The summed E-state index contributed by atoms with van der Waals surface area (Å²) in [6.45, 7) is 7.80. The molecule has 2 aromatic carbocycles. The number of carbonyl (C=O) groups excluding carboxylic acids is 1. The third kappa shape index (κ3) is 6.85. The topological polar surface area (TPSA) is 86.3 Å². The fraction of sp³-hybridized carbons (Fsp3) is 0.290. The second-order valence-electron chi connectivity index (χ2n) is 10.2. The van der Waals surface area contributed by atoms with Gasteiger partial charge in [0.15, 0.2) is 0 Å². The van der Waals surface area contributed by atoms with Gasteiger partial charge in [-0.15, -0.1) is 0 Å². The van der Waals surface area contributed by atoms with E-state index in [0.717, 1.165) is 43.2 Å². The number of benzene rings is 2. The highest BCUT2D eigenvalue weighted by molar-refractivity contribution is 6.06. The Kier molecular flexibility index (Phi) is 8.67. The summed E-state index contributed by atoms with van der Waals surface area (Å²) in [5, 5.41) is 5.78. The van der Waals surface area contributed by atoms with Gasteiger partial charge in [-0.3, -0.25) is 14.7 Å². The SMILES string of the molecule is CCCN1CCN(c2ccc(C(=O)Nc3ccc(C)c(Nc4nccc(-c5cccnc5)n4)c3)c(C(F)(F)F)c2)CC1. The summed E-state index contributed by atoms with van der Waals surface area (Å²) < 4.78 is 42.4. The first-order valence-corrected chi connectivity index (χ1v) is 13.8. The van der Waals surface area contributed by atoms with Gasteiger partial charge in [0.25, 0.3) is 5.91 Å². The molecule has 42 heavy (non-hydrogen) atoms. The van der Waals surface area contributed by atoms with Crippen molar-refractivity contribution >= 4 is 28.9 Å². The van der Waals surface area contributed by atoms with Gasteiger partial charge in [0.1, 0.15) is 0 Å². The lowest BCUT2D eigenvalue weighted by Crippen LogP contribution is -2.46. The quantitative estimate of drug-likeness (QED) is 0.252. The van der Waals surface area contributed by atoms with Gasteiger partial charge in [-0.25, -0.2) is 9.97 Å². The minimum Gasteiger partial charge on any atom is -0.369 e. The minimum atomic E-state index is -4.69. The lowest BCUT2D eigenvalue weighted by Gasteiger charge is -2.36. The molecular formula is C31H32F3N7O. The van der Waals surface area contributed by atoms with Gasteiger partial charge >= 0.3 is 6.18 Å². The maximum atomic E-state index is 14.1. The van der Waals surface area contributed by atoms with Crippen LogP contribution in [0.2, 0.25) is 0 Å². The molecule has 11 heteroatoms. The maximum absolute atomic E-state index is 14.1. The van der Waals surface area contributed by atoms with Gasteiger partial charge in [0.2, 0.25) is 5.95 Å². The van der Waals surface area contributed by atoms with Gasteiger partial charge in [-0.05, 0) is 74.0 Å². The average Bonchev–Trinajstić information content (AvgIpc) is 2.99. The van der Waals surface area contributed by atoms with E-state index in [1.54, 1.807) is 48.9 Å². The van der Waals surface area contributed by atoms with Gasteiger partial charge in [0.05, 0.1) is 16.8 Å². The largest absolute Gasteiger partial charge is 0.417 e. The molecule has 8 nitrogen and oxygen atoms in total. The first-order chi connectivity index (χ1) is 20.2. The highest BCUT2D eigenvalue weighted by Crippen LogP contribution is 2.35. The van der Waals surface area contributed by atoms with E-state index < -0.39 is 23.2 Å². The second kappa shape index (κ2) is 12.6. The molecular weight excluding hydrogens is 543 g/mol. The van der Waals surface area contributed by atoms with Crippen molar-refractivity contribution in [1.29, 1.82) is 0 Å². The standard InChI is InChI=1S/C31H32F3N7O/c1-3-13-40-14-16-41(17-15-40)24-8-9-25(26(19-24)31(32,33)34)29(42)37-23-7-6-21(2)28(18-23)39-30-36-12-10-27(38-30)22-5-4-11-35-20-22/h4-12,18-20H,3,13-17H2,1-2H3,(H,37,42)(H,36,38,39). The summed E-state index contributed by atoms with van der Waals surface area (Å²) in [4.78, 5) is 30.3. The molecule has 4 aromatic rings. The Balaban J connectivity index is 1.34. The molecule has 1 amide bonds. The number of halogens is 3. The Morgan fingerprint density at radius 3 is 2.52 bits per heavy atom. The molecule has 5 rings (SSSR count). The number of pyridine rings is 1. The van der Waals surface area contributed by atoms with E-state index in [0.29, 0.717) is 41.8 Å². The van der Waals surface area contributed by atoms with E-state index in [2.05, 4.69) is 37.4 Å². The Morgan fingerprint density at radius 1 is 1.00 bits per heavy atom. The molecule has 0 unspecified atom stereocenters. The fourth-order valence-corrected chi connectivity index (χ4v) is 4.95. The number of anilines is 4. The van der Waals surface area contributed by atoms with Gasteiger partial charge in [0, 0.05) is 67.4 Å². The van der Waals surface area contributed by atoms with Crippen molar-refractivity contribution in [2.45, 2.75) is 26.4 Å². The third-order valence-electron chi connectivity index (χ3n) is 7.19. The number of nitrogens with one attached hydrogen (secondary N) is 2. The predicted molar refractivity (Wildman–Crippen MR) is 158 cm³/mol. The number of nitrogens with zero attached hydrogens (tertiary/aromatic N) is 5. The summed E-state index contributed by atoms with van der Waals surface area (Å²) in [6.07, 6.45) is 1.33. The lowest BCUT2D eigenvalue weighted by atomic mass is 10.0. The molecule has 0 radical (unpaired) electrons. The zero-order chi connectivity index (χ0) is 29.7. The molecule has 0 atom stereocenters. The van der Waals surface area contributed by atoms with Crippen LogP contribution in [0.4, 0.5) is 36.2 Å². The minimum absolute atomic E-state index is 0.327. The summed E-state index contributed by atoms with van der Waals surface area (Å²) in [7, 11) is 0. The van der Waals surface area contributed by atoms with Crippen molar-refractivity contribution < 1.29 is 18.0 Å². The number of carbonyl (C=O) groups is 1. The number of aromatic nitrogens is 3. The molecule has 2 N–H and O–H groups in total. The third-order valence-corrected chi connectivity index (χ3v) is 7.19. The lowest BCUT2D eigenvalue weighted by molar-refractivity contribution is -0.137. The average molecular weight is 576 g/mol. The van der Waals surface area contributed by atoms with E-state index >= 15 is 0 Å². The van der Waals surface area contributed by atoms with E-state index in [1.807, 2.05) is 24.0 Å². The Morgan fingerprint density at radius 2 is 1.81 bits per heavy atom. The van der Waals surface area contributed by atoms with Crippen LogP contribution in [0.3, 0.4) is 0 Å². The number of hydrogen-bond donors (Lipinski definition) is 2. The van der Waals surface area contributed by atoms with Crippen molar-refractivity contribution in [3.8, 4) is 11.3 Å². The van der Waals surface area contributed by atoms with E-state index in [1.165, 1.54) is 6.07 Å². The van der Waals surface area contributed by atoms with Crippen LogP contribution in [-0.2, 0) is 6.18 Å². The van der Waals surface area contributed by atoms with E-state index in [9.17, 15) is 18.0 Å². The summed E-state index contributed by atoms with van der Waals surface area (Å²) in [5.74, 6) is -0.514. The normalized spacial score (nSPS) is 14.1. The van der Waals surface area contributed by atoms with Crippen LogP contribution >= 0.6 is 0 Å². The molecule has 218 valence electrons. The van der Waals surface area contributed by atoms with Crippen LogP contribution in [0.5, 0.6) is 0 Å². The molecule has 0 bridgehead atoms. The first kappa shape index (κ1) is 29.0. The molecule has 1 fully saturated rings. The Hall–Kier alpha value is -4.51. The van der Waals surface area contributed by atoms with Crippen molar-refractivity contribution in [3.63, 3.8) is 0 Å². The number of hydrogen-bond acceptors (Lipinski definition) is 7. The van der Waals surface area contributed by atoms with E-state index in [4.69, 9.17) is 0 Å². The zero-order valence-corrected chi connectivity index (χ0v) is 23.4. The summed E-state index contributed by atoms with van der Waals surface area (Å²) >= 11 is 0. The molecule has 1 aliphatic rings. The highest BCUT2D eigenvalue weighted by Gasteiger charge is 2.36. The van der Waals surface area contributed by atoms with Crippen LogP contribution in [-0.4, -0.2) is 58.5 Å². The number of alkyl halides is 3. The van der Waals surface area contributed by atoms with Gasteiger partial charge < -0.3 is 15.5 Å². The molecule has 1 saturated heterocycles. The van der Waals surface area contributed by atoms with Crippen molar-refractivity contribution in [1.82, 2.24) is 19.9 Å². The number of piperazine rings is 1. The number of amides is 1. The molecule has 3 heterocycles. The van der Waals surface area contributed by atoms with Crippen molar-refractivity contribution in [3.05, 3.63) is 89.9 Å². The van der Waals surface area contributed by atoms with Crippen LogP contribution < -0.4 is 15.5 Å². The summed E-state index contributed by atoms with van der Waals surface area (Å²) in [6, 6.07) is 14.4. The van der Waals surface area contributed by atoms with Crippen molar-refractivity contribution in [2.24, 2.45) is 0 Å². The number of rotatable bonds is 8. The van der Waals surface area contributed by atoms with Crippen LogP contribution in [0.15, 0.2) is 73.2 Å². The molecule has 0 spiro atoms. The molecule has 2 aromatic heterocycles. The van der Waals surface area contributed by atoms with Gasteiger partial charge in [-0.2, -0.15) is 13.2 Å². The van der Waals surface area contributed by atoms with E-state index in [-0.39, 0.29) is 0 Å². The monoisotopic (exact) mass is 575 g/mol. The second-order valence-corrected chi connectivity index (χ2v) is 10.2. The van der Waals surface area contributed by atoms with Crippen LogP contribution in [0, 0.1) is 6.92 Å². The Labute approximate surface area is 242 Å². The Bertz CT molecular complexity index is 1540. The molecule has 0 saturated carbocycles. The van der Waals surface area contributed by atoms with Crippen molar-refractivity contribution in [2.75, 3.05) is 48.3 Å². The zero-order valence-electron chi connectivity index (χ0n) is 23.4. The smallest absolute Gasteiger partial charge is 0.369 e. The first-order valence-electron chi connectivity index (χ1n) is 13.8. The maximum Gasteiger partial charge on any atom is 0.417 e. The predicted octanol–water partition coefficient (Wildman–Crippen LogP) is 6.39. The van der Waals surface area contributed by atoms with Crippen LogP contribution in [0.25, 0.3) is 11.3 Å². The highest BCUT2D eigenvalue weighted by atomic mass is 19.4.